The van der Waals surface area contributed by atoms with Gasteiger partial charge in [0.2, 0.25) is 17.6 Å². The summed E-state index contributed by atoms with van der Waals surface area (Å²) in [6, 6.07) is -0.382. The molecule has 0 aromatic rings. The second kappa shape index (κ2) is 8.27. The van der Waals surface area contributed by atoms with Crippen LogP contribution in [0.3, 0.4) is 0 Å². The van der Waals surface area contributed by atoms with Crippen molar-refractivity contribution in [3.8, 4) is 0 Å². The summed E-state index contributed by atoms with van der Waals surface area (Å²) in [5, 5.41) is 5.71. The third-order valence-electron chi connectivity index (χ3n) is 5.44. The number of allylic oxidation sites excluding steroid dienone is 2. The molecule has 1 aliphatic carbocycles. The van der Waals surface area contributed by atoms with Gasteiger partial charge in [-0.25, -0.2) is 0 Å². The van der Waals surface area contributed by atoms with Crippen molar-refractivity contribution in [2.45, 2.75) is 31.7 Å². The normalized spacial score (nSPS) is 25.8. The SMILES string of the molecule is Cl.O=C1CCC(N2C=C3C=CC(=O)C(OCC4CCNCC4)=C3C2)C(=O)N1. The zero-order valence-corrected chi connectivity index (χ0v) is 15.8. The zero-order valence-electron chi connectivity index (χ0n) is 15.0. The highest BCUT2D eigenvalue weighted by molar-refractivity contribution is 6.06. The number of hydrogen-bond donors (Lipinski definition) is 2. The van der Waals surface area contributed by atoms with E-state index >= 15 is 0 Å². The lowest BCUT2D eigenvalue weighted by Gasteiger charge is -2.29. The Bertz CT molecular complexity index is 737. The molecule has 7 nitrogen and oxygen atoms in total. The third-order valence-corrected chi connectivity index (χ3v) is 5.44. The smallest absolute Gasteiger partial charge is 0.249 e. The van der Waals surface area contributed by atoms with E-state index in [2.05, 4.69) is 10.6 Å². The number of hydrogen-bond acceptors (Lipinski definition) is 6. The van der Waals surface area contributed by atoms with Crippen LogP contribution in [0.1, 0.15) is 25.7 Å². The molecule has 0 aromatic heterocycles. The molecule has 3 heterocycles. The number of rotatable bonds is 4. The molecule has 0 spiro atoms. The first-order valence-corrected chi connectivity index (χ1v) is 9.22. The van der Waals surface area contributed by atoms with Gasteiger partial charge in [-0.1, -0.05) is 0 Å². The van der Waals surface area contributed by atoms with E-state index in [9.17, 15) is 14.4 Å². The van der Waals surface area contributed by atoms with E-state index in [4.69, 9.17) is 4.74 Å². The van der Waals surface area contributed by atoms with Gasteiger partial charge in [-0.05, 0) is 56.0 Å². The number of carbonyl (C=O) groups excluding carboxylic acids is 3. The summed E-state index contributed by atoms with van der Waals surface area (Å²) in [5.41, 5.74) is 1.76. The fourth-order valence-corrected chi connectivity index (χ4v) is 3.92. The molecule has 27 heavy (non-hydrogen) atoms. The molecule has 0 saturated carbocycles. The molecule has 0 radical (unpaired) electrons. The minimum Gasteiger partial charge on any atom is -0.489 e. The average molecular weight is 394 g/mol. The molecule has 0 bridgehead atoms. The van der Waals surface area contributed by atoms with Gasteiger partial charge < -0.3 is 15.0 Å². The minimum atomic E-state index is -0.382. The fraction of sp³-hybridized carbons (Fsp3) is 0.526. The quantitative estimate of drug-likeness (QED) is 0.688. The molecule has 2 amide bonds. The van der Waals surface area contributed by atoms with Crippen LogP contribution in [0.4, 0.5) is 0 Å². The Balaban J connectivity index is 0.00000210. The maximum absolute atomic E-state index is 12.3. The molecule has 4 rings (SSSR count). The van der Waals surface area contributed by atoms with Gasteiger partial charge in [0.05, 0.1) is 6.61 Å². The molecular formula is C19H24ClN3O4. The van der Waals surface area contributed by atoms with Gasteiger partial charge in [0.25, 0.3) is 0 Å². The van der Waals surface area contributed by atoms with Gasteiger partial charge >= 0.3 is 0 Å². The van der Waals surface area contributed by atoms with E-state index < -0.39 is 0 Å². The highest BCUT2D eigenvalue weighted by Gasteiger charge is 2.36. The van der Waals surface area contributed by atoms with Crippen molar-refractivity contribution >= 4 is 30.0 Å². The lowest BCUT2D eigenvalue weighted by molar-refractivity contribution is -0.136. The number of ether oxygens (including phenoxy) is 1. The van der Waals surface area contributed by atoms with Crippen LogP contribution in [0.25, 0.3) is 0 Å². The number of carbonyl (C=O) groups is 3. The van der Waals surface area contributed by atoms with Crippen molar-refractivity contribution in [2.24, 2.45) is 5.92 Å². The fourth-order valence-electron chi connectivity index (χ4n) is 3.92. The van der Waals surface area contributed by atoms with Crippen LogP contribution < -0.4 is 10.6 Å². The Kier molecular flexibility index (Phi) is 6.01. The zero-order chi connectivity index (χ0) is 18.1. The Hall–Kier alpha value is -2.12. The average Bonchev–Trinajstić information content (AvgIpc) is 3.05. The van der Waals surface area contributed by atoms with E-state index in [1.54, 1.807) is 6.08 Å². The molecule has 0 aromatic carbocycles. The minimum absolute atomic E-state index is 0. The van der Waals surface area contributed by atoms with Crippen LogP contribution in [0.5, 0.6) is 0 Å². The second-order valence-corrected chi connectivity index (χ2v) is 7.23. The molecule has 1 unspecified atom stereocenters. The molecule has 2 N–H and O–H groups in total. The Labute approximate surface area is 164 Å². The Morgan fingerprint density at radius 3 is 2.63 bits per heavy atom. The highest BCUT2D eigenvalue weighted by Crippen LogP contribution is 2.32. The van der Waals surface area contributed by atoms with E-state index in [1.165, 1.54) is 6.08 Å². The summed E-state index contributed by atoms with van der Waals surface area (Å²) in [6.45, 7) is 2.98. The predicted molar refractivity (Wildman–Crippen MR) is 101 cm³/mol. The van der Waals surface area contributed by atoms with Crippen LogP contribution in [0, 0.1) is 5.92 Å². The van der Waals surface area contributed by atoms with Gasteiger partial charge in [-0.2, -0.15) is 0 Å². The van der Waals surface area contributed by atoms with E-state index in [1.807, 2.05) is 11.1 Å². The standard InChI is InChI=1S/C19H23N3O4.ClH/c23-16-3-1-13-9-22(15-2-4-17(24)21-19(15)25)10-14(13)18(16)26-11-12-5-7-20-8-6-12;/h1,3,9,12,15,20H,2,4-8,10-11H2,(H,21,24,25);1H. The first kappa shape index (κ1) is 19.6. The molecule has 8 heteroatoms. The molecular weight excluding hydrogens is 370 g/mol. The van der Waals surface area contributed by atoms with E-state index in [-0.39, 0.29) is 36.0 Å². The second-order valence-electron chi connectivity index (χ2n) is 7.23. The third kappa shape index (κ3) is 4.09. The summed E-state index contributed by atoms with van der Waals surface area (Å²) in [5.74, 6) is 0.257. The topological polar surface area (TPSA) is 87.7 Å². The number of nitrogens with one attached hydrogen (secondary N) is 2. The maximum Gasteiger partial charge on any atom is 0.249 e. The highest BCUT2D eigenvalue weighted by atomic mass is 35.5. The maximum atomic E-state index is 12.3. The van der Waals surface area contributed by atoms with Crippen molar-refractivity contribution in [3.05, 3.63) is 35.3 Å². The van der Waals surface area contributed by atoms with Crippen LogP contribution in [-0.2, 0) is 19.1 Å². The van der Waals surface area contributed by atoms with Gasteiger partial charge in [-0.3, -0.25) is 19.7 Å². The van der Waals surface area contributed by atoms with E-state index in [0.717, 1.165) is 37.1 Å². The Morgan fingerprint density at radius 2 is 1.89 bits per heavy atom. The van der Waals surface area contributed by atoms with E-state index in [0.29, 0.717) is 37.7 Å². The van der Waals surface area contributed by atoms with Crippen molar-refractivity contribution < 1.29 is 19.1 Å². The monoisotopic (exact) mass is 393 g/mol. The molecule has 2 saturated heterocycles. The summed E-state index contributed by atoms with van der Waals surface area (Å²) in [6.07, 6.45) is 8.14. The van der Waals surface area contributed by atoms with Crippen molar-refractivity contribution in [1.82, 2.24) is 15.5 Å². The van der Waals surface area contributed by atoms with Crippen LogP contribution in [0.2, 0.25) is 0 Å². The summed E-state index contributed by atoms with van der Waals surface area (Å²) >= 11 is 0. The number of imide groups is 1. The summed E-state index contributed by atoms with van der Waals surface area (Å²) in [7, 11) is 0. The Morgan fingerprint density at radius 1 is 1.11 bits per heavy atom. The van der Waals surface area contributed by atoms with Gasteiger partial charge in [0, 0.05) is 24.7 Å². The predicted octanol–water partition coefficient (Wildman–Crippen LogP) is 0.822. The van der Waals surface area contributed by atoms with Crippen LogP contribution in [0.15, 0.2) is 35.3 Å². The van der Waals surface area contributed by atoms with Crippen molar-refractivity contribution in [3.63, 3.8) is 0 Å². The largest absolute Gasteiger partial charge is 0.489 e. The number of halogens is 1. The number of fused-ring (bicyclic) bond motifs is 1. The first-order valence-electron chi connectivity index (χ1n) is 9.22. The van der Waals surface area contributed by atoms with Gasteiger partial charge in [-0.15, -0.1) is 12.4 Å². The number of piperidine rings is 2. The number of amides is 2. The molecule has 1 atom stereocenters. The summed E-state index contributed by atoms with van der Waals surface area (Å²) < 4.78 is 5.96. The molecule has 146 valence electrons. The van der Waals surface area contributed by atoms with Gasteiger partial charge in [0.1, 0.15) is 6.04 Å². The van der Waals surface area contributed by atoms with Crippen LogP contribution >= 0.6 is 12.4 Å². The summed E-state index contributed by atoms with van der Waals surface area (Å²) in [4.78, 5) is 37.7. The first-order chi connectivity index (χ1) is 12.6. The van der Waals surface area contributed by atoms with Gasteiger partial charge in [0.15, 0.2) is 5.76 Å². The lowest BCUT2D eigenvalue weighted by atomic mass is 9.98. The van der Waals surface area contributed by atoms with Crippen molar-refractivity contribution in [1.29, 1.82) is 0 Å². The molecule has 3 aliphatic heterocycles. The van der Waals surface area contributed by atoms with Crippen LogP contribution in [-0.4, -0.2) is 54.8 Å². The lowest BCUT2D eigenvalue weighted by Crippen LogP contribution is -2.50. The molecule has 4 aliphatic rings. The molecule has 2 fully saturated rings. The number of ketones is 1. The number of nitrogens with zero attached hydrogens (tertiary/aromatic N) is 1. The van der Waals surface area contributed by atoms with Crippen molar-refractivity contribution in [2.75, 3.05) is 26.2 Å².